The largest absolute Gasteiger partial charge is 0.494 e. The van der Waals surface area contributed by atoms with Gasteiger partial charge in [-0.25, -0.2) is 4.79 Å². The van der Waals surface area contributed by atoms with Crippen LogP contribution in [0.3, 0.4) is 0 Å². The van der Waals surface area contributed by atoms with Crippen LogP contribution < -0.4 is 16.1 Å². The van der Waals surface area contributed by atoms with Crippen molar-refractivity contribution in [3.8, 4) is 0 Å². The van der Waals surface area contributed by atoms with Crippen molar-refractivity contribution in [3.05, 3.63) is 29.8 Å². The van der Waals surface area contributed by atoms with Crippen LogP contribution >= 0.6 is 0 Å². The first-order valence-electron chi connectivity index (χ1n) is 11.0. The Balaban J connectivity index is 1.82. The second-order valence-corrected chi connectivity index (χ2v) is 10.1. The van der Waals surface area contributed by atoms with Crippen molar-refractivity contribution in [1.82, 2.24) is 10.6 Å². The van der Waals surface area contributed by atoms with Gasteiger partial charge in [0.25, 0.3) is 0 Å². The molecule has 1 fully saturated rings. The van der Waals surface area contributed by atoms with Gasteiger partial charge in [-0.15, -0.1) is 0 Å². The molecule has 1 atom stereocenters. The summed E-state index contributed by atoms with van der Waals surface area (Å²) in [5.74, 6) is 0. The Morgan fingerprint density at radius 2 is 1.68 bits per heavy atom. The van der Waals surface area contributed by atoms with Crippen molar-refractivity contribution in [2.24, 2.45) is 0 Å². The van der Waals surface area contributed by atoms with E-state index in [2.05, 4.69) is 62.6 Å². The third-order valence-electron chi connectivity index (χ3n) is 5.63. The van der Waals surface area contributed by atoms with Gasteiger partial charge in [0, 0.05) is 26.2 Å². The molecule has 2 rings (SSSR count). The van der Waals surface area contributed by atoms with E-state index in [1.54, 1.807) is 7.11 Å². The highest BCUT2D eigenvalue weighted by Crippen LogP contribution is 2.36. The highest BCUT2D eigenvalue weighted by molar-refractivity contribution is 6.62. The first-order chi connectivity index (χ1) is 14.3. The number of hydrogen-bond donors (Lipinski definition) is 2. The molecule has 0 spiro atoms. The van der Waals surface area contributed by atoms with Crippen molar-refractivity contribution in [2.45, 2.75) is 84.3 Å². The molecule has 0 aromatic heterocycles. The molecule has 1 aliphatic rings. The highest BCUT2D eigenvalue weighted by atomic mass is 16.7. The molecule has 2 N–H and O–H groups in total. The molecule has 1 aromatic carbocycles. The minimum Gasteiger partial charge on any atom is -0.444 e. The maximum atomic E-state index is 11.8. The molecule has 1 heterocycles. The predicted molar refractivity (Wildman–Crippen MR) is 124 cm³/mol. The Kier molecular flexibility index (Phi) is 8.56. The number of rotatable bonds is 9. The second-order valence-electron chi connectivity index (χ2n) is 10.1. The molecule has 8 heteroatoms. The van der Waals surface area contributed by atoms with Gasteiger partial charge in [-0.2, -0.15) is 0 Å². The fraction of sp³-hybridized carbons (Fsp3) is 0.696. The van der Waals surface area contributed by atoms with Crippen LogP contribution in [-0.4, -0.2) is 56.3 Å². The molecular formula is C23H39BN2O5. The van der Waals surface area contributed by atoms with E-state index in [0.29, 0.717) is 19.7 Å². The summed E-state index contributed by atoms with van der Waals surface area (Å²) >= 11 is 0. The minimum atomic E-state index is -0.499. The summed E-state index contributed by atoms with van der Waals surface area (Å²) < 4.78 is 22.8. The van der Waals surface area contributed by atoms with Gasteiger partial charge in [0.1, 0.15) is 5.60 Å². The number of hydrogen-bond acceptors (Lipinski definition) is 6. The van der Waals surface area contributed by atoms with E-state index in [1.807, 2.05) is 20.8 Å². The molecule has 1 aliphatic heterocycles. The first kappa shape index (κ1) is 25.7. The van der Waals surface area contributed by atoms with Crippen LogP contribution in [0.2, 0.25) is 0 Å². The fourth-order valence-corrected chi connectivity index (χ4v) is 3.14. The smallest absolute Gasteiger partial charge is 0.444 e. The second kappa shape index (κ2) is 10.3. The van der Waals surface area contributed by atoms with Gasteiger partial charge in [0.05, 0.1) is 17.8 Å². The Morgan fingerprint density at radius 3 is 2.19 bits per heavy atom. The molecule has 0 radical (unpaired) electrons. The molecule has 1 unspecified atom stereocenters. The summed E-state index contributed by atoms with van der Waals surface area (Å²) in [6, 6.07) is 8.37. The highest BCUT2D eigenvalue weighted by Gasteiger charge is 2.51. The molecule has 0 bridgehead atoms. The van der Waals surface area contributed by atoms with Crippen LogP contribution in [0.25, 0.3) is 0 Å². The Bertz CT molecular complexity index is 700. The number of benzene rings is 1. The van der Waals surface area contributed by atoms with Crippen molar-refractivity contribution < 1.29 is 23.6 Å². The summed E-state index contributed by atoms with van der Waals surface area (Å²) in [6.07, 6.45) is 0.334. The Hall–Kier alpha value is -1.61. The monoisotopic (exact) mass is 434 g/mol. The maximum absolute atomic E-state index is 11.8. The van der Waals surface area contributed by atoms with Crippen molar-refractivity contribution >= 4 is 18.7 Å². The zero-order chi connectivity index (χ0) is 23.3. The molecule has 174 valence electrons. The first-order valence-corrected chi connectivity index (χ1v) is 11.0. The molecule has 7 nitrogen and oxygen atoms in total. The van der Waals surface area contributed by atoms with Crippen molar-refractivity contribution in [3.63, 3.8) is 0 Å². The number of alkyl carbamates (subject to hydrolysis) is 1. The summed E-state index contributed by atoms with van der Waals surface area (Å²) in [7, 11) is 1.32. The van der Waals surface area contributed by atoms with Crippen LogP contribution in [0.5, 0.6) is 0 Å². The number of nitrogens with one attached hydrogen (secondary N) is 2. The number of carbonyl (C=O) groups is 1. The van der Waals surface area contributed by atoms with Crippen LogP contribution in [0.4, 0.5) is 4.79 Å². The minimum absolute atomic E-state index is 0.114. The lowest BCUT2D eigenvalue weighted by Crippen LogP contribution is -2.41. The topological polar surface area (TPSA) is 78.1 Å². The number of ether oxygens (including phenoxy) is 2. The molecular weight excluding hydrogens is 395 g/mol. The zero-order valence-electron chi connectivity index (χ0n) is 20.3. The Morgan fingerprint density at radius 1 is 1.10 bits per heavy atom. The molecule has 0 saturated carbocycles. The van der Waals surface area contributed by atoms with Crippen LogP contribution in [-0.2, 0) is 25.3 Å². The molecule has 1 aromatic rings. The summed E-state index contributed by atoms with van der Waals surface area (Å²) in [5, 5.41) is 6.29. The number of amides is 1. The lowest BCUT2D eigenvalue weighted by molar-refractivity contribution is 0.00578. The van der Waals surface area contributed by atoms with E-state index in [-0.39, 0.29) is 24.4 Å². The average molecular weight is 434 g/mol. The van der Waals surface area contributed by atoms with E-state index in [4.69, 9.17) is 18.8 Å². The zero-order valence-corrected chi connectivity index (χ0v) is 20.3. The molecule has 1 saturated heterocycles. The predicted octanol–water partition coefficient (Wildman–Crippen LogP) is 3.01. The number of carbonyl (C=O) groups excluding carboxylic acids is 1. The third kappa shape index (κ3) is 7.79. The third-order valence-corrected chi connectivity index (χ3v) is 5.63. The van der Waals surface area contributed by atoms with E-state index in [9.17, 15) is 4.79 Å². The van der Waals surface area contributed by atoms with Crippen LogP contribution in [0, 0.1) is 0 Å². The van der Waals surface area contributed by atoms with Crippen molar-refractivity contribution in [2.75, 3.05) is 20.3 Å². The normalized spacial score (nSPS) is 18.6. The standard InChI is InChI=1S/C23H39BN2O5/c1-21(2,3)29-20(27)25-14-13-19(16-28-8)26-15-17-9-11-18(12-10-17)24-30-22(4,5)23(6,7)31-24/h9-12,19,26H,13-16H2,1-8H3,(H,25,27). The summed E-state index contributed by atoms with van der Waals surface area (Å²) in [4.78, 5) is 11.8. The van der Waals surface area contributed by atoms with E-state index >= 15 is 0 Å². The number of methoxy groups -OCH3 is 1. The van der Waals surface area contributed by atoms with E-state index in [0.717, 1.165) is 17.4 Å². The van der Waals surface area contributed by atoms with E-state index in [1.165, 1.54) is 0 Å². The lowest BCUT2D eigenvalue weighted by atomic mass is 9.79. The summed E-state index contributed by atoms with van der Waals surface area (Å²) in [5.41, 5.74) is 0.969. The quantitative estimate of drug-likeness (QED) is 0.582. The van der Waals surface area contributed by atoms with Gasteiger partial charge >= 0.3 is 13.2 Å². The van der Waals surface area contributed by atoms with Gasteiger partial charge in [-0.1, -0.05) is 24.3 Å². The van der Waals surface area contributed by atoms with Crippen LogP contribution in [0.15, 0.2) is 24.3 Å². The van der Waals surface area contributed by atoms with Gasteiger partial charge in [0.2, 0.25) is 0 Å². The van der Waals surface area contributed by atoms with Crippen molar-refractivity contribution in [1.29, 1.82) is 0 Å². The molecule has 1 amide bonds. The van der Waals surface area contributed by atoms with Gasteiger partial charge in [-0.05, 0) is 65.9 Å². The van der Waals surface area contributed by atoms with E-state index < -0.39 is 11.7 Å². The van der Waals surface area contributed by atoms with Gasteiger partial charge in [0.15, 0.2) is 0 Å². The lowest BCUT2D eigenvalue weighted by Gasteiger charge is -2.32. The average Bonchev–Trinajstić information content (AvgIpc) is 2.86. The fourth-order valence-electron chi connectivity index (χ4n) is 3.14. The Labute approximate surface area is 187 Å². The molecule has 31 heavy (non-hydrogen) atoms. The van der Waals surface area contributed by atoms with Gasteiger partial charge < -0.3 is 29.4 Å². The SMILES string of the molecule is COCC(CCNC(=O)OC(C)(C)C)NCc1ccc(B2OC(C)(C)C(C)(C)O2)cc1. The van der Waals surface area contributed by atoms with Crippen LogP contribution in [0.1, 0.15) is 60.5 Å². The summed E-state index contributed by atoms with van der Waals surface area (Å²) in [6.45, 7) is 15.5. The van der Waals surface area contributed by atoms with Gasteiger partial charge in [-0.3, -0.25) is 0 Å². The maximum Gasteiger partial charge on any atom is 0.494 e. The molecule has 0 aliphatic carbocycles.